The van der Waals surface area contributed by atoms with Crippen molar-refractivity contribution < 1.29 is 24.2 Å². The van der Waals surface area contributed by atoms with Gasteiger partial charge in [-0.3, -0.25) is 4.79 Å². The lowest BCUT2D eigenvalue weighted by Gasteiger charge is -2.15. The Labute approximate surface area is 117 Å². The molecule has 1 rings (SSSR count). The summed E-state index contributed by atoms with van der Waals surface area (Å²) in [5.74, 6) is -0.596. The summed E-state index contributed by atoms with van der Waals surface area (Å²) in [5, 5.41) is 11.3. The number of aryl methyl sites for hydroxylation is 2. The van der Waals surface area contributed by atoms with E-state index in [0.717, 1.165) is 11.1 Å². The van der Waals surface area contributed by atoms with Gasteiger partial charge in [0, 0.05) is 0 Å². The van der Waals surface area contributed by atoms with Crippen LogP contribution < -0.4 is 10.1 Å². The molecule has 0 bridgehead atoms. The van der Waals surface area contributed by atoms with Crippen molar-refractivity contribution in [1.82, 2.24) is 5.32 Å². The Hall–Kier alpha value is -2.08. The average Bonchev–Trinajstić information content (AvgIpc) is 2.44. The van der Waals surface area contributed by atoms with E-state index in [1.54, 1.807) is 0 Å². The van der Waals surface area contributed by atoms with Gasteiger partial charge >= 0.3 is 5.97 Å². The molecule has 1 atom stereocenters. The van der Waals surface area contributed by atoms with Crippen LogP contribution in [-0.2, 0) is 14.3 Å². The maximum atomic E-state index is 11.6. The minimum Gasteiger partial charge on any atom is -0.483 e. The second-order valence-electron chi connectivity index (χ2n) is 4.38. The Bertz CT molecular complexity index is 486. The number of aliphatic hydroxyl groups is 1. The van der Waals surface area contributed by atoms with Crippen LogP contribution in [0, 0.1) is 13.8 Å². The maximum Gasteiger partial charge on any atom is 0.330 e. The third kappa shape index (κ3) is 4.55. The Kier molecular flexibility index (Phi) is 5.99. The summed E-state index contributed by atoms with van der Waals surface area (Å²) in [6.45, 7) is 3.03. The van der Waals surface area contributed by atoms with Gasteiger partial charge in [-0.1, -0.05) is 12.1 Å². The van der Waals surface area contributed by atoms with Crippen LogP contribution in [0.5, 0.6) is 5.75 Å². The highest BCUT2D eigenvalue weighted by molar-refractivity contribution is 5.85. The van der Waals surface area contributed by atoms with E-state index in [0.29, 0.717) is 5.75 Å². The molecule has 0 saturated heterocycles. The van der Waals surface area contributed by atoms with Gasteiger partial charge in [0.25, 0.3) is 5.91 Å². The first-order chi connectivity index (χ1) is 9.47. The molecule has 0 heterocycles. The molecule has 6 nitrogen and oxygen atoms in total. The monoisotopic (exact) mass is 281 g/mol. The quantitative estimate of drug-likeness (QED) is 0.734. The molecule has 0 fully saturated rings. The van der Waals surface area contributed by atoms with Crippen molar-refractivity contribution in [3.05, 3.63) is 29.3 Å². The second kappa shape index (κ2) is 7.49. The summed E-state index contributed by atoms with van der Waals surface area (Å²) in [4.78, 5) is 22.9. The SMILES string of the molecule is COC(=O)C(CO)NC(=O)COc1cc(C)ccc1C. The molecule has 110 valence electrons. The predicted molar refractivity (Wildman–Crippen MR) is 72.4 cm³/mol. The molecule has 1 unspecified atom stereocenters. The van der Waals surface area contributed by atoms with E-state index >= 15 is 0 Å². The van der Waals surface area contributed by atoms with Crippen LogP contribution in [-0.4, -0.2) is 43.3 Å². The summed E-state index contributed by atoms with van der Waals surface area (Å²) in [6.07, 6.45) is 0. The number of hydrogen-bond acceptors (Lipinski definition) is 5. The summed E-state index contributed by atoms with van der Waals surface area (Å²) in [5.41, 5.74) is 1.93. The first kappa shape index (κ1) is 16.0. The molecule has 6 heteroatoms. The van der Waals surface area contributed by atoms with Crippen LogP contribution in [0.4, 0.5) is 0 Å². The zero-order valence-corrected chi connectivity index (χ0v) is 11.8. The minimum absolute atomic E-state index is 0.238. The third-order valence-corrected chi connectivity index (χ3v) is 2.71. The molecule has 0 aliphatic rings. The lowest BCUT2D eigenvalue weighted by molar-refractivity contribution is -0.146. The number of aliphatic hydroxyl groups excluding tert-OH is 1. The standard InChI is InChI=1S/C14H19NO5/c1-9-4-5-10(2)12(6-9)20-8-13(17)15-11(7-16)14(18)19-3/h4-6,11,16H,7-8H2,1-3H3,(H,15,17). The zero-order valence-electron chi connectivity index (χ0n) is 11.8. The van der Waals surface area contributed by atoms with Gasteiger partial charge in [0.2, 0.25) is 0 Å². The van der Waals surface area contributed by atoms with Gasteiger partial charge in [-0.25, -0.2) is 4.79 Å². The Morgan fingerprint density at radius 2 is 2.05 bits per heavy atom. The maximum absolute atomic E-state index is 11.6. The third-order valence-electron chi connectivity index (χ3n) is 2.71. The van der Waals surface area contributed by atoms with E-state index in [1.807, 2.05) is 32.0 Å². The number of carbonyl (C=O) groups is 2. The van der Waals surface area contributed by atoms with E-state index in [9.17, 15) is 9.59 Å². The molecule has 0 saturated carbocycles. The number of carbonyl (C=O) groups excluding carboxylic acids is 2. The van der Waals surface area contributed by atoms with Crippen LogP contribution in [0.3, 0.4) is 0 Å². The van der Waals surface area contributed by atoms with Gasteiger partial charge in [-0.05, 0) is 31.0 Å². The van der Waals surface area contributed by atoms with Crippen LogP contribution in [0.15, 0.2) is 18.2 Å². The lowest BCUT2D eigenvalue weighted by atomic mass is 10.1. The first-order valence-electron chi connectivity index (χ1n) is 6.16. The van der Waals surface area contributed by atoms with E-state index < -0.39 is 24.5 Å². The average molecular weight is 281 g/mol. The van der Waals surface area contributed by atoms with Gasteiger partial charge < -0.3 is 19.9 Å². The molecule has 0 spiro atoms. The summed E-state index contributed by atoms with van der Waals surface area (Å²) in [7, 11) is 1.18. The number of methoxy groups -OCH3 is 1. The molecule has 0 radical (unpaired) electrons. The minimum atomic E-state index is -1.07. The van der Waals surface area contributed by atoms with Crippen molar-refractivity contribution in [2.45, 2.75) is 19.9 Å². The Morgan fingerprint density at radius 3 is 2.65 bits per heavy atom. The number of ether oxygens (including phenoxy) is 2. The number of hydrogen-bond donors (Lipinski definition) is 2. The highest BCUT2D eigenvalue weighted by atomic mass is 16.5. The number of amides is 1. The highest BCUT2D eigenvalue weighted by Gasteiger charge is 2.20. The molecule has 0 aromatic heterocycles. The summed E-state index contributed by atoms with van der Waals surface area (Å²) >= 11 is 0. The van der Waals surface area contributed by atoms with Gasteiger partial charge in [0.15, 0.2) is 12.6 Å². The molecule has 1 amide bonds. The van der Waals surface area contributed by atoms with Crippen molar-refractivity contribution in [3.8, 4) is 5.75 Å². The van der Waals surface area contributed by atoms with E-state index in [-0.39, 0.29) is 6.61 Å². The molecule has 1 aromatic rings. The molecule has 0 aliphatic heterocycles. The summed E-state index contributed by atoms with van der Waals surface area (Å²) in [6, 6.07) is 4.59. The normalized spacial score (nSPS) is 11.6. The number of rotatable bonds is 6. The molecular formula is C14H19NO5. The topological polar surface area (TPSA) is 84.9 Å². The fourth-order valence-corrected chi connectivity index (χ4v) is 1.56. The van der Waals surface area contributed by atoms with Gasteiger partial charge in [-0.2, -0.15) is 0 Å². The first-order valence-corrected chi connectivity index (χ1v) is 6.16. The van der Waals surface area contributed by atoms with Crippen LogP contribution >= 0.6 is 0 Å². The van der Waals surface area contributed by atoms with E-state index in [4.69, 9.17) is 9.84 Å². The molecular weight excluding hydrogens is 262 g/mol. The van der Waals surface area contributed by atoms with Crippen molar-refractivity contribution >= 4 is 11.9 Å². The van der Waals surface area contributed by atoms with Gasteiger partial charge in [0.05, 0.1) is 13.7 Å². The van der Waals surface area contributed by atoms with Crippen molar-refractivity contribution in [1.29, 1.82) is 0 Å². The number of nitrogens with one attached hydrogen (secondary N) is 1. The molecule has 0 aliphatic carbocycles. The number of benzene rings is 1. The Morgan fingerprint density at radius 1 is 1.35 bits per heavy atom. The zero-order chi connectivity index (χ0) is 15.1. The largest absolute Gasteiger partial charge is 0.483 e. The van der Waals surface area contributed by atoms with Crippen LogP contribution in [0.1, 0.15) is 11.1 Å². The van der Waals surface area contributed by atoms with Gasteiger partial charge in [0.1, 0.15) is 5.75 Å². The predicted octanol–water partition coefficient (Wildman–Crippen LogP) is 0.332. The molecule has 20 heavy (non-hydrogen) atoms. The second-order valence-corrected chi connectivity index (χ2v) is 4.38. The van der Waals surface area contributed by atoms with Crippen LogP contribution in [0.25, 0.3) is 0 Å². The Balaban J connectivity index is 2.54. The summed E-state index contributed by atoms with van der Waals surface area (Å²) < 4.78 is 9.84. The van der Waals surface area contributed by atoms with Crippen molar-refractivity contribution in [2.24, 2.45) is 0 Å². The molecule has 2 N–H and O–H groups in total. The smallest absolute Gasteiger partial charge is 0.330 e. The van der Waals surface area contributed by atoms with Crippen molar-refractivity contribution in [2.75, 3.05) is 20.3 Å². The van der Waals surface area contributed by atoms with Crippen LogP contribution in [0.2, 0.25) is 0 Å². The van der Waals surface area contributed by atoms with E-state index in [2.05, 4.69) is 10.1 Å². The molecule has 1 aromatic carbocycles. The van der Waals surface area contributed by atoms with Gasteiger partial charge in [-0.15, -0.1) is 0 Å². The lowest BCUT2D eigenvalue weighted by Crippen LogP contribution is -2.45. The number of esters is 1. The highest BCUT2D eigenvalue weighted by Crippen LogP contribution is 2.18. The van der Waals surface area contributed by atoms with Crippen molar-refractivity contribution in [3.63, 3.8) is 0 Å². The van der Waals surface area contributed by atoms with E-state index in [1.165, 1.54) is 7.11 Å². The fourth-order valence-electron chi connectivity index (χ4n) is 1.56. The fraction of sp³-hybridized carbons (Fsp3) is 0.429.